The summed E-state index contributed by atoms with van der Waals surface area (Å²) < 4.78 is 9.91. The summed E-state index contributed by atoms with van der Waals surface area (Å²) in [5, 5.41) is 4.22. The molecule has 2 aromatic rings. The SMILES string of the molecule is CC(C)c1noc([C@]23CCC[C@H]2CN(CCc2ccns2)C3)n1. The van der Waals surface area contributed by atoms with Crippen molar-refractivity contribution in [3.8, 4) is 0 Å². The standard InChI is InChI=1S/C17H24N4OS/c1-12(2)15-19-16(22-20-15)17-7-3-4-13(17)10-21(11-17)9-6-14-5-8-18-23-14/h5,8,12-13H,3-4,6-7,9-11H2,1-2H3/t13-,17-/m0/s1. The molecule has 0 bridgehead atoms. The van der Waals surface area contributed by atoms with Gasteiger partial charge in [0.25, 0.3) is 0 Å². The van der Waals surface area contributed by atoms with E-state index in [1.807, 2.05) is 6.20 Å². The second-order valence-corrected chi connectivity index (χ2v) is 8.24. The minimum Gasteiger partial charge on any atom is -0.339 e. The summed E-state index contributed by atoms with van der Waals surface area (Å²) in [4.78, 5) is 8.71. The smallest absolute Gasteiger partial charge is 0.234 e. The summed E-state index contributed by atoms with van der Waals surface area (Å²) >= 11 is 1.61. The lowest BCUT2D eigenvalue weighted by Gasteiger charge is -2.24. The molecule has 0 radical (unpaired) electrons. The Morgan fingerprint density at radius 2 is 2.39 bits per heavy atom. The molecule has 23 heavy (non-hydrogen) atoms. The van der Waals surface area contributed by atoms with Crippen molar-refractivity contribution in [1.82, 2.24) is 19.4 Å². The van der Waals surface area contributed by atoms with Gasteiger partial charge in [0.15, 0.2) is 5.82 Å². The van der Waals surface area contributed by atoms with Crippen LogP contribution in [0.15, 0.2) is 16.8 Å². The van der Waals surface area contributed by atoms with E-state index in [1.165, 1.54) is 24.1 Å². The fourth-order valence-electron chi connectivity index (χ4n) is 4.22. The molecule has 4 rings (SSSR count). The van der Waals surface area contributed by atoms with Crippen LogP contribution in [-0.2, 0) is 11.8 Å². The van der Waals surface area contributed by atoms with Gasteiger partial charge in [0.05, 0.1) is 5.41 Å². The normalized spacial score (nSPS) is 27.9. The molecular formula is C17H24N4OS. The molecule has 124 valence electrons. The highest BCUT2D eigenvalue weighted by molar-refractivity contribution is 7.05. The zero-order chi connectivity index (χ0) is 15.9. The molecule has 0 aromatic carbocycles. The van der Waals surface area contributed by atoms with E-state index in [9.17, 15) is 0 Å². The second-order valence-electron chi connectivity index (χ2n) is 7.32. The molecule has 1 saturated carbocycles. The summed E-state index contributed by atoms with van der Waals surface area (Å²) in [5.74, 6) is 2.74. The molecule has 0 unspecified atom stereocenters. The third-order valence-electron chi connectivity index (χ3n) is 5.49. The maximum atomic E-state index is 5.72. The molecule has 6 heteroatoms. The van der Waals surface area contributed by atoms with Crippen molar-refractivity contribution < 1.29 is 4.52 Å². The van der Waals surface area contributed by atoms with Gasteiger partial charge < -0.3 is 9.42 Å². The van der Waals surface area contributed by atoms with Gasteiger partial charge in [-0.1, -0.05) is 25.4 Å². The summed E-state index contributed by atoms with van der Waals surface area (Å²) in [6.07, 6.45) is 6.75. The van der Waals surface area contributed by atoms with Crippen molar-refractivity contribution in [2.75, 3.05) is 19.6 Å². The average Bonchev–Trinajstić information content (AvgIpc) is 3.27. The van der Waals surface area contributed by atoms with Crippen LogP contribution in [0.25, 0.3) is 0 Å². The number of likely N-dealkylation sites (tertiary alicyclic amines) is 1. The van der Waals surface area contributed by atoms with Crippen LogP contribution in [0.4, 0.5) is 0 Å². The lowest BCUT2D eigenvalue weighted by molar-refractivity contribution is 0.247. The Kier molecular flexibility index (Phi) is 3.97. The fourth-order valence-corrected chi connectivity index (χ4v) is 4.79. The van der Waals surface area contributed by atoms with Gasteiger partial charge in [0, 0.05) is 36.6 Å². The van der Waals surface area contributed by atoms with Crippen LogP contribution in [0.5, 0.6) is 0 Å². The highest BCUT2D eigenvalue weighted by Gasteiger charge is 2.53. The Bertz CT molecular complexity index is 653. The fraction of sp³-hybridized carbons (Fsp3) is 0.706. The molecule has 0 spiro atoms. The van der Waals surface area contributed by atoms with Crippen LogP contribution in [0, 0.1) is 5.92 Å². The zero-order valence-electron chi connectivity index (χ0n) is 13.9. The Labute approximate surface area is 141 Å². The minimum absolute atomic E-state index is 0.105. The Balaban J connectivity index is 1.50. The molecule has 0 amide bonds. The molecule has 1 aliphatic heterocycles. The average molecular weight is 332 g/mol. The van der Waals surface area contributed by atoms with Crippen LogP contribution >= 0.6 is 11.5 Å². The summed E-state index contributed by atoms with van der Waals surface area (Å²) in [5.41, 5.74) is 0.105. The maximum absolute atomic E-state index is 5.72. The van der Waals surface area contributed by atoms with E-state index in [4.69, 9.17) is 9.51 Å². The number of rotatable bonds is 5. The zero-order valence-corrected chi connectivity index (χ0v) is 14.7. The van der Waals surface area contributed by atoms with Gasteiger partial charge in [-0.3, -0.25) is 0 Å². The van der Waals surface area contributed by atoms with Crippen LogP contribution in [0.1, 0.15) is 55.6 Å². The predicted molar refractivity (Wildman–Crippen MR) is 89.7 cm³/mol. The molecule has 2 aliphatic rings. The number of hydrogen-bond donors (Lipinski definition) is 0. The molecule has 5 nitrogen and oxygen atoms in total. The Morgan fingerprint density at radius 1 is 1.48 bits per heavy atom. The highest BCUT2D eigenvalue weighted by Crippen LogP contribution is 2.50. The van der Waals surface area contributed by atoms with Crippen molar-refractivity contribution >= 4 is 11.5 Å². The molecule has 1 aliphatic carbocycles. The number of fused-ring (bicyclic) bond motifs is 1. The first kappa shape index (κ1) is 15.3. The van der Waals surface area contributed by atoms with E-state index in [0.717, 1.165) is 37.8 Å². The number of aromatic nitrogens is 3. The van der Waals surface area contributed by atoms with E-state index in [0.29, 0.717) is 11.8 Å². The van der Waals surface area contributed by atoms with Crippen molar-refractivity contribution in [1.29, 1.82) is 0 Å². The summed E-state index contributed by atoms with van der Waals surface area (Å²) in [7, 11) is 0. The Morgan fingerprint density at radius 3 is 3.13 bits per heavy atom. The maximum Gasteiger partial charge on any atom is 0.234 e. The van der Waals surface area contributed by atoms with Crippen molar-refractivity contribution in [2.24, 2.45) is 5.92 Å². The molecule has 2 atom stereocenters. The quantitative estimate of drug-likeness (QED) is 0.841. The number of nitrogens with zero attached hydrogens (tertiary/aromatic N) is 4. The Hall–Kier alpha value is -1.27. The van der Waals surface area contributed by atoms with Crippen LogP contribution in [-0.4, -0.2) is 39.0 Å². The monoisotopic (exact) mass is 332 g/mol. The second kappa shape index (κ2) is 5.98. The van der Waals surface area contributed by atoms with Crippen molar-refractivity contribution in [2.45, 2.75) is 50.9 Å². The largest absolute Gasteiger partial charge is 0.339 e. The third-order valence-corrected chi connectivity index (χ3v) is 6.29. The lowest BCUT2D eigenvalue weighted by atomic mass is 9.80. The summed E-state index contributed by atoms with van der Waals surface area (Å²) in [6.45, 7) is 7.57. The molecular weight excluding hydrogens is 308 g/mol. The first-order valence-corrected chi connectivity index (χ1v) is 9.41. The molecule has 2 fully saturated rings. The minimum atomic E-state index is 0.105. The summed E-state index contributed by atoms with van der Waals surface area (Å²) in [6, 6.07) is 2.13. The van der Waals surface area contributed by atoms with Crippen LogP contribution in [0.3, 0.4) is 0 Å². The van der Waals surface area contributed by atoms with Crippen LogP contribution < -0.4 is 0 Å². The van der Waals surface area contributed by atoms with Gasteiger partial charge >= 0.3 is 0 Å². The third kappa shape index (κ3) is 2.72. The van der Waals surface area contributed by atoms with Gasteiger partial charge in [-0.05, 0) is 42.8 Å². The number of hydrogen-bond acceptors (Lipinski definition) is 6. The van der Waals surface area contributed by atoms with Gasteiger partial charge in [-0.2, -0.15) is 4.98 Å². The van der Waals surface area contributed by atoms with Crippen molar-refractivity contribution in [3.63, 3.8) is 0 Å². The van der Waals surface area contributed by atoms with Crippen molar-refractivity contribution in [3.05, 3.63) is 28.9 Å². The molecule has 3 heterocycles. The van der Waals surface area contributed by atoms with E-state index < -0.39 is 0 Å². The van der Waals surface area contributed by atoms with Gasteiger partial charge in [-0.25, -0.2) is 4.37 Å². The van der Waals surface area contributed by atoms with Gasteiger partial charge in [0.2, 0.25) is 5.89 Å². The first-order chi connectivity index (χ1) is 11.2. The molecule has 1 saturated heterocycles. The lowest BCUT2D eigenvalue weighted by Crippen LogP contribution is -2.33. The van der Waals surface area contributed by atoms with Gasteiger partial charge in [0.1, 0.15) is 0 Å². The predicted octanol–water partition coefficient (Wildman–Crippen LogP) is 3.25. The van der Waals surface area contributed by atoms with E-state index in [-0.39, 0.29) is 5.41 Å². The topological polar surface area (TPSA) is 55.1 Å². The highest BCUT2D eigenvalue weighted by atomic mass is 32.1. The van der Waals surface area contributed by atoms with Crippen LogP contribution in [0.2, 0.25) is 0 Å². The van der Waals surface area contributed by atoms with Gasteiger partial charge in [-0.15, -0.1) is 0 Å². The van der Waals surface area contributed by atoms with E-state index >= 15 is 0 Å². The molecule has 0 N–H and O–H groups in total. The molecule has 2 aromatic heterocycles. The van der Waals surface area contributed by atoms with E-state index in [1.54, 1.807) is 11.5 Å². The first-order valence-electron chi connectivity index (χ1n) is 8.63. The van der Waals surface area contributed by atoms with E-state index in [2.05, 4.69) is 34.3 Å².